The second kappa shape index (κ2) is 6.75. The van der Waals surface area contributed by atoms with E-state index in [0.29, 0.717) is 6.54 Å². The van der Waals surface area contributed by atoms with Gasteiger partial charge in [-0.3, -0.25) is 9.69 Å². The van der Waals surface area contributed by atoms with Gasteiger partial charge in [0.05, 0.1) is 12.6 Å². The zero-order valence-corrected chi connectivity index (χ0v) is 13.2. The van der Waals surface area contributed by atoms with Gasteiger partial charge in [-0.05, 0) is 42.6 Å². The summed E-state index contributed by atoms with van der Waals surface area (Å²) in [6, 6.07) is 5.04. The molecule has 1 unspecified atom stereocenters. The molecule has 2 aliphatic heterocycles. The van der Waals surface area contributed by atoms with E-state index in [9.17, 15) is 9.18 Å². The van der Waals surface area contributed by atoms with E-state index in [2.05, 4.69) is 11.8 Å². The van der Waals surface area contributed by atoms with Crippen LogP contribution in [0.5, 0.6) is 0 Å². The summed E-state index contributed by atoms with van der Waals surface area (Å²) in [6.45, 7) is 5.23. The van der Waals surface area contributed by atoms with Crippen molar-refractivity contribution in [2.75, 3.05) is 26.2 Å². The average molecular weight is 313 g/mol. The van der Waals surface area contributed by atoms with E-state index >= 15 is 0 Å². The number of rotatable bonds is 3. The van der Waals surface area contributed by atoms with Crippen LogP contribution in [-0.2, 0) is 11.2 Å². The fourth-order valence-corrected chi connectivity index (χ4v) is 3.31. The first-order valence-electron chi connectivity index (χ1n) is 7.49. The minimum Gasteiger partial charge on any atom is -0.333 e. The molecule has 116 valence electrons. The summed E-state index contributed by atoms with van der Waals surface area (Å²) in [5.74, 6) is -0.0176. The molecule has 0 aromatic heterocycles. The molecule has 1 aromatic carbocycles. The van der Waals surface area contributed by atoms with Gasteiger partial charge in [0.2, 0.25) is 5.91 Å². The van der Waals surface area contributed by atoms with E-state index in [1.807, 2.05) is 11.0 Å². The first kappa shape index (κ1) is 16.2. The Labute approximate surface area is 131 Å². The van der Waals surface area contributed by atoms with Crippen LogP contribution >= 0.6 is 12.4 Å². The van der Waals surface area contributed by atoms with Gasteiger partial charge in [-0.15, -0.1) is 12.4 Å². The molecule has 1 amide bonds. The second-order valence-corrected chi connectivity index (χ2v) is 5.78. The van der Waals surface area contributed by atoms with Crippen LogP contribution in [-0.4, -0.2) is 41.9 Å². The first-order valence-corrected chi connectivity index (χ1v) is 7.49. The Morgan fingerprint density at radius 2 is 2.19 bits per heavy atom. The second-order valence-electron chi connectivity index (χ2n) is 5.78. The lowest BCUT2D eigenvalue weighted by molar-refractivity contribution is -0.140. The number of hydrogen-bond donors (Lipinski definition) is 0. The highest BCUT2D eigenvalue weighted by Gasteiger charge is 2.36. The van der Waals surface area contributed by atoms with Gasteiger partial charge in [-0.2, -0.15) is 0 Å². The monoisotopic (exact) mass is 312 g/mol. The molecule has 1 aromatic rings. The van der Waals surface area contributed by atoms with Gasteiger partial charge in [0.25, 0.3) is 0 Å². The normalized spacial score (nSPS) is 21.5. The Kier molecular flexibility index (Phi) is 5.22. The topological polar surface area (TPSA) is 23.6 Å². The molecule has 5 heteroatoms. The molecular weight excluding hydrogens is 291 g/mol. The lowest BCUT2D eigenvalue weighted by Crippen LogP contribution is -2.54. The van der Waals surface area contributed by atoms with Crippen LogP contribution in [0, 0.1) is 5.82 Å². The molecule has 21 heavy (non-hydrogen) atoms. The zero-order chi connectivity index (χ0) is 14.1. The molecule has 1 saturated heterocycles. The molecule has 2 heterocycles. The number of hydrogen-bond acceptors (Lipinski definition) is 2. The summed E-state index contributed by atoms with van der Waals surface area (Å²) >= 11 is 0. The third-order valence-corrected chi connectivity index (χ3v) is 4.40. The Morgan fingerprint density at radius 1 is 1.38 bits per heavy atom. The summed E-state index contributed by atoms with van der Waals surface area (Å²) in [7, 11) is 0. The van der Waals surface area contributed by atoms with E-state index in [1.165, 1.54) is 11.6 Å². The highest BCUT2D eigenvalue weighted by molar-refractivity contribution is 5.85. The lowest BCUT2D eigenvalue weighted by Gasteiger charge is -2.44. The molecule has 3 rings (SSSR count). The summed E-state index contributed by atoms with van der Waals surface area (Å²) < 4.78 is 13.5. The number of piperazine rings is 1. The number of amides is 1. The highest BCUT2D eigenvalue weighted by Crippen LogP contribution is 2.33. The fraction of sp³-hybridized carbons (Fsp3) is 0.562. The molecule has 0 radical (unpaired) electrons. The summed E-state index contributed by atoms with van der Waals surface area (Å²) in [4.78, 5) is 16.4. The zero-order valence-electron chi connectivity index (χ0n) is 12.3. The number of unbranched alkanes of at least 4 members (excludes halogenated alkanes) is 1. The van der Waals surface area contributed by atoms with Crippen LogP contribution in [0.4, 0.5) is 4.39 Å². The number of halogens is 2. The van der Waals surface area contributed by atoms with Gasteiger partial charge in [-0.1, -0.05) is 19.4 Å². The molecule has 0 N–H and O–H groups in total. The van der Waals surface area contributed by atoms with Crippen LogP contribution in [0.1, 0.15) is 36.9 Å². The van der Waals surface area contributed by atoms with Crippen LogP contribution in [0.25, 0.3) is 0 Å². The van der Waals surface area contributed by atoms with Crippen molar-refractivity contribution in [3.05, 3.63) is 35.1 Å². The van der Waals surface area contributed by atoms with Gasteiger partial charge in [0.1, 0.15) is 5.82 Å². The predicted molar refractivity (Wildman–Crippen MR) is 83.2 cm³/mol. The van der Waals surface area contributed by atoms with E-state index in [4.69, 9.17) is 0 Å². The number of carbonyl (C=O) groups excluding carboxylic acids is 1. The first-order chi connectivity index (χ1) is 9.69. The smallest absolute Gasteiger partial charge is 0.237 e. The molecule has 3 nitrogen and oxygen atoms in total. The van der Waals surface area contributed by atoms with Crippen molar-refractivity contribution < 1.29 is 9.18 Å². The lowest BCUT2D eigenvalue weighted by atomic mass is 9.90. The molecule has 0 bridgehead atoms. The van der Waals surface area contributed by atoms with Gasteiger partial charge in [0.15, 0.2) is 0 Å². The minimum absolute atomic E-state index is 0. The van der Waals surface area contributed by atoms with Gasteiger partial charge >= 0.3 is 0 Å². The Bertz CT molecular complexity index is 523. The van der Waals surface area contributed by atoms with E-state index in [0.717, 1.165) is 44.5 Å². The van der Waals surface area contributed by atoms with Crippen molar-refractivity contribution in [2.45, 2.75) is 32.2 Å². The maximum atomic E-state index is 13.5. The predicted octanol–water partition coefficient (Wildman–Crippen LogP) is 2.79. The molecule has 0 spiro atoms. The van der Waals surface area contributed by atoms with Crippen molar-refractivity contribution in [2.24, 2.45) is 0 Å². The van der Waals surface area contributed by atoms with Crippen molar-refractivity contribution in [1.82, 2.24) is 9.80 Å². The fourth-order valence-electron chi connectivity index (χ4n) is 3.31. The third kappa shape index (κ3) is 3.22. The van der Waals surface area contributed by atoms with Gasteiger partial charge < -0.3 is 4.90 Å². The van der Waals surface area contributed by atoms with Crippen molar-refractivity contribution in [3.8, 4) is 0 Å². The molecule has 0 aliphatic carbocycles. The molecule has 0 saturated carbocycles. The standard InChI is InChI=1S/C16H21FN2O.ClH/c1-2-3-7-18-10-15-14-9-13(17)5-4-12(14)6-8-19(15)16(20)11-18;/h4-5,9,15H,2-3,6-8,10-11H2,1H3;1H. The summed E-state index contributed by atoms with van der Waals surface area (Å²) in [6.07, 6.45) is 3.08. The van der Waals surface area contributed by atoms with E-state index < -0.39 is 0 Å². The maximum Gasteiger partial charge on any atom is 0.237 e. The average Bonchev–Trinajstić information content (AvgIpc) is 2.45. The van der Waals surface area contributed by atoms with Gasteiger partial charge in [0, 0.05) is 13.1 Å². The molecule has 1 fully saturated rings. The van der Waals surface area contributed by atoms with E-state index in [1.54, 1.807) is 6.07 Å². The quantitative estimate of drug-likeness (QED) is 0.857. The summed E-state index contributed by atoms with van der Waals surface area (Å²) in [5.41, 5.74) is 2.20. The van der Waals surface area contributed by atoms with Gasteiger partial charge in [-0.25, -0.2) is 4.39 Å². The molecule has 1 atom stereocenters. The number of nitrogens with zero attached hydrogens (tertiary/aromatic N) is 2. The molecular formula is C16H22ClFN2O. The number of carbonyl (C=O) groups is 1. The summed E-state index contributed by atoms with van der Waals surface area (Å²) in [5, 5.41) is 0. The van der Waals surface area contributed by atoms with Crippen LogP contribution in [0.15, 0.2) is 18.2 Å². The Morgan fingerprint density at radius 3 is 2.95 bits per heavy atom. The van der Waals surface area contributed by atoms with Crippen LogP contribution in [0.3, 0.4) is 0 Å². The van der Waals surface area contributed by atoms with Crippen molar-refractivity contribution in [3.63, 3.8) is 0 Å². The SMILES string of the molecule is CCCCN1CC(=O)N2CCc3ccc(F)cc3C2C1.Cl. The Balaban J connectivity index is 0.00000161. The van der Waals surface area contributed by atoms with Crippen LogP contribution in [0.2, 0.25) is 0 Å². The number of benzene rings is 1. The van der Waals surface area contributed by atoms with Crippen molar-refractivity contribution >= 4 is 18.3 Å². The third-order valence-electron chi connectivity index (χ3n) is 4.40. The minimum atomic E-state index is -0.205. The maximum absolute atomic E-state index is 13.5. The largest absolute Gasteiger partial charge is 0.333 e. The Hall–Kier alpha value is -1.13. The van der Waals surface area contributed by atoms with E-state index in [-0.39, 0.29) is 30.2 Å². The molecule has 2 aliphatic rings. The van der Waals surface area contributed by atoms with Crippen LogP contribution < -0.4 is 0 Å². The highest BCUT2D eigenvalue weighted by atomic mass is 35.5. The van der Waals surface area contributed by atoms with Crippen molar-refractivity contribution in [1.29, 1.82) is 0 Å². The number of fused-ring (bicyclic) bond motifs is 3.